The molecule has 19 heavy (non-hydrogen) atoms. The summed E-state index contributed by atoms with van der Waals surface area (Å²) in [6.45, 7) is 4.64. The van der Waals surface area contributed by atoms with Gasteiger partial charge in [-0.15, -0.1) is 0 Å². The first-order valence-electron chi connectivity index (χ1n) is 6.33. The Morgan fingerprint density at radius 2 is 1.68 bits per heavy atom. The number of Topliss-reactive ketones (excluding diaryl/α,β-unsaturated/α-hetero) is 1. The van der Waals surface area contributed by atoms with E-state index >= 15 is 0 Å². The third-order valence-electron chi connectivity index (χ3n) is 3.28. The molecule has 0 spiro atoms. The van der Waals surface area contributed by atoms with E-state index in [0.29, 0.717) is 13.1 Å². The average molecular weight is 264 g/mol. The smallest absolute Gasteiger partial charge is 0.289 e. The van der Waals surface area contributed by atoms with Gasteiger partial charge in [0.15, 0.2) is 0 Å². The topological polar surface area (TPSA) is 40.6 Å². The van der Waals surface area contributed by atoms with E-state index in [4.69, 9.17) is 0 Å². The number of benzene rings is 1. The maximum Gasteiger partial charge on any atom is 0.289 e. The molecule has 0 aliphatic carbocycles. The van der Waals surface area contributed by atoms with Gasteiger partial charge in [0.05, 0.1) is 0 Å². The molecular weight excluding hydrogens is 247 g/mol. The van der Waals surface area contributed by atoms with Gasteiger partial charge in [-0.05, 0) is 17.7 Å². The molecule has 4 nitrogen and oxygen atoms in total. The van der Waals surface area contributed by atoms with Gasteiger partial charge in [0.25, 0.3) is 5.91 Å². The second-order valence-electron chi connectivity index (χ2n) is 4.75. The average Bonchev–Trinajstić information content (AvgIpc) is 2.41. The highest BCUT2D eigenvalue weighted by atomic mass is 19.1. The SMILES string of the molecule is CC(=O)C(=O)N1CCN(Cc2ccc(F)cc2)CC1. The minimum atomic E-state index is -0.410. The van der Waals surface area contributed by atoms with Crippen LogP contribution in [0.5, 0.6) is 0 Å². The van der Waals surface area contributed by atoms with E-state index in [1.807, 2.05) is 0 Å². The monoisotopic (exact) mass is 264 g/mol. The van der Waals surface area contributed by atoms with E-state index in [-0.39, 0.29) is 5.82 Å². The van der Waals surface area contributed by atoms with Crippen molar-refractivity contribution >= 4 is 11.7 Å². The van der Waals surface area contributed by atoms with Crippen molar-refractivity contribution in [3.05, 3.63) is 35.6 Å². The number of carbonyl (C=O) groups is 2. The lowest BCUT2D eigenvalue weighted by atomic mass is 10.2. The quantitative estimate of drug-likeness (QED) is 0.766. The molecule has 102 valence electrons. The summed E-state index contributed by atoms with van der Waals surface area (Å²) in [5, 5.41) is 0. The summed E-state index contributed by atoms with van der Waals surface area (Å²) >= 11 is 0. The number of piperazine rings is 1. The Balaban J connectivity index is 1.85. The summed E-state index contributed by atoms with van der Waals surface area (Å²) in [5.74, 6) is -1.05. The number of hydrogen-bond acceptors (Lipinski definition) is 3. The third kappa shape index (κ3) is 3.61. The molecule has 0 atom stereocenters. The lowest BCUT2D eigenvalue weighted by Gasteiger charge is -2.34. The molecule has 1 fully saturated rings. The molecule has 0 bridgehead atoms. The van der Waals surface area contributed by atoms with E-state index in [2.05, 4.69) is 4.90 Å². The number of halogens is 1. The maximum atomic E-state index is 12.8. The van der Waals surface area contributed by atoms with E-state index in [1.54, 1.807) is 17.0 Å². The van der Waals surface area contributed by atoms with Gasteiger partial charge < -0.3 is 4.90 Å². The van der Waals surface area contributed by atoms with Crippen molar-refractivity contribution in [3.63, 3.8) is 0 Å². The largest absolute Gasteiger partial charge is 0.334 e. The minimum absolute atomic E-state index is 0.236. The van der Waals surface area contributed by atoms with E-state index in [1.165, 1.54) is 19.1 Å². The first-order valence-corrected chi connectivity index (χ1v) is 6.33. The van der Waals surface area contributed by atoms with Crippen LogP contribution in [-0.2, 0) is 16.1 Å². The van der Waals surface area contributed by atoms with Gasteiger partial charge in [0.2, 0.25) is 5.78 Å². The van der Waals surface area contributed by atoms with Crippen molar-refractivity contribution in [2.45, 2.75) is 13.5 Å². The van der Waals surface area contributed by atoms with Gasteiger partial charge in [-0.3, -0.25) is 14.5 Å². The highest BCUT2D eigenvalue weighted by Crippen LogP contribution is 2.09. The van der Waals surface area contributed by atoms with E-state index in [0.717, 1.165) is 25.2 Å². The van der Waals surface area contributed by atoms with Crippen molar-refractivity contribution in [1.82, 2.24) is 9.80 Å². The summed E-state index contributed by atoms with van der Waals surface area (Å²) < 4.78 is 12.8. The number of carbonyl (C=O) groups excluding carboxylic acids is 2. The van der Waals surface area contributed by atoms with Crippen molar-refractivity contribution in [2.24, 2.45) is 0 Å². The molecule has 1 aromatic rings. The second kappa shape index (κ2) is 5.93. The van der Waals surface area contributed by atoms with Crippen LogP contribution < -0.4 is 0 Å². The number of hydrogen-bond donors (Lipinski definition) is 0. The molecule has 5 heteroatoms. The Hall–Kier alpha value is -1.75. The van der Waals surface area contributed by atoms with Crippen molar-refractivity contribution in [2.75, 3.05) is 26.2 Å². The van der Waals surface area contributed by atoms with Crippen LogP contribution in [-0.4, -0.2) is 47.7 Å². The predicted octanol–water partition coefficient (Wildman–Crippen LogP) is 1.06. The normalized spacial score (nSPS) is 16.4. The Morgan fingerprint density at radius 3 is 2.21 bits per heavy atom. The zero-order valence-corrected chi connectivity index (χ0v) is 10.9. The summed E-state index contributed by atoms with van der Waals surface area (Å²) in [7, 11) is 0. The van der Waals surface area contributed by atoms with Gasteiger partial charge in [-0.1, -0.05) is 12.1 Å². The van der Waals surface area contributed by atoms with Crippen LogP contribution in [0.1, 0.15) is 12.5 Å². The molecular formula is C14H17FN2O2. The first kappa shape index (κ1) is 13.7. The van der Waals surface area contributed by atoms with E-state index < -0.39 is 11.7 Å². The molecule has 1 heterocycles. The predicted molar refractivity (Wildman–Crippen MR) is 68.9 cm³/mol. The molecule has 1 aromatic carbocycles. The molecule has 1 saturated heterocycles. The first-order chi connectivity index (χ1) is 9.06. The Bertz CT molecular complexity index is 465. The van der Waals surface area contributed by atoms with Crippen molar-refractivity contribution in [1.29, 1.82) is 0 Å². The van der Waals surface area contributed by atoms with Crippen LogP contribution in [0.25, 0.3) is 0 Å². The lowest BCUT2D eigenvalue weighted by Crippen LogP contribution is -2.49. The fraction of sp³-hybridized carbons (Fsp3) is 0.429. The molecule has 0 saturated carbocycles. The second-order valence-corrected chi connectivity index (χ2v) is 4.75. The van der Waals surface area contributed by atoms with Crippen LogP contribution in [0.2, 0.25) is 0 Å². The van der Waals surface area contributed by atoms with Crippen LogP contribution >= 0.6 is 0 Å². The number of nitrogens with zero attached hydrogens (tertiary/aromatic N) is 2. The van der Waals surface area contributed by atoms with Gasteiger partial charge in [-0.2, -0.15) is 0 Å². The highest BCUT2D eigenvalue weighted by Gasteiger charge is 2.23. The maximum absolute atomic E-state index is 12.8. The fourth-order valence-corrected chi connectivity index (χ4v) is 2.18. The number of ketones is 1. The fourth-order valence-electron chi connectivity index (χ4n) is 2.18. The van der Waals surface area contributed by atoms with Gasteiger partial charge in [0, 0.05) is 39.6 Å². The third-order valence-corrected chi connectivity index (χ3v) is 3.28. The molecule has 1 aliphatic rings. The summed E-state index contributed by atoms with van der Waals surface area (Å²) in [6, 6.07) is 6.43. The Morgan fingerprint density at radius 1 is 1.11 bits per heavy atom. The van der Waals surface area contributed by atoms with Crippen LogP contribution in [0.15, 0.2) is 24.3 Å². The zero-order chi connectivity index (χ0) is 13.8. The molecule has 0 unspecified atom stereocenters. The standard InChI is InChI=1S/C14H17FN2O2/c1-11(18)14(19)17-8-6-16(7-9-17)10-12-2-4-13(15)5-3-12/h2-5H,6-10H2,1H3. The van der Waals surface area contributed by atoms with Gasteiger partial charge >= 0.3 is 0 Å². The van der Waals surface area contributed by atoms with Gasteiger partial charge in [-0.25, -0.2) is 4.39 Å². The molecule has 1 amide bonds. The Kier molecular flexibility index (Phi) is 4.27. The number of amides is 1. The van der Waals surface area contributed by atoms with Crippen molar-refractivity contribution < 1.29 is 14.0 Å². The molecule has 2 rings (SSSR count). The summed E-state index contributed by atoms with van der Waals surface area (Å²) in [4.78, 5) is 26.3. The van der Waals surface area contributed by atoms with Crippen LogP contribution in [0.4, 0.5) is 4.39 Å². The van der Waals surface area contributed by atoms with Crippen LogP contribution in [0, 0.1) is 5.82 Å². The summed E-state index contributed by atoms with van der Waals surface area (Å²) in [5.41, 5.74) is 1.05. The molecule has 0 N–H and O–H groups in total. The zero-order valence-electron chi connectivity index (χ0n) is 10.9. The summed E-state index contributed by atoms with van der Waals surface area (Å²) in [6.07, 6.45) is 0. The highest BCUT2D eigenvalue weighted by molar-refractivity contribution is 6.35. The molecule has 0 aromatic heterocycles. The minimum Gasteiger partial charge on any atom is -0.334 e. The molecule has 1 aliphatic heterocycles. The van der Waals surface area contributed by atoms with E-state index in [9.17, 15) is 14.0 Å². The van der Waals surface area contributed by atoms with Crippen molar-refractivity contribution in [3.8, 4) is 0 Å². The van der Waals surface area contributed by atoms with Crippen LogP contribution in [0.3, 0.4) is 0 Å². The van der Waals surface area contributed by atoms with Gasteiger partial charge in [0.1, 0.15) is 5.82 Å². The Labute approximate surface area is 111 Å². The number of rotatable bonds is 3. The molecule has 0 radical (unpaired) electrons. The lowest BCUT2D eigenvalue weighted by molar-refractivity contribution is -0.144.